The van der Waals surface area contributed by atoms with E-state index in [1.165, 1.54) is 6.42 Å². The quantitative estimate of drug-likeness (QED) is 0.590. The van der Waals surface area contributed by atoms with Gasteiger partial charge in [0.2, 0.25) is 11.7 Å². The van der Waals surface area contributed by atoms with Gasteiger partial charge in [-0.25, -0.2) is 0 Å². The SMILES string of the molecule is CCOc1cc(-c2nnc3cc(C4CCC4)c(OCN4C=NN(C)C4)nn23)no1. The van der Waals surface area contributed by atoms with Gasteiger partial charge in [0.25, 0.3) is 0 Å². The molecular formula is C18H22N8O3. The fraction of sp³-hybridized carbons (Fsp3) is 0.500. The van der Waals surface area contributed by atoms with E-state index in [1.807, 2.05) is 29.9 Å². The van der Waals surface area contributed by atoms with Crippen molar-refractivity contribution in [2.24, 2.45) is 5.10 Å². The second-order valence-electron chi connectivity index (χ2n) is 7.18. The van der Waals surface area contributed by atoms with E-state index in [4.69, 9.17) is 19.1 Å². The average Bonchev–Trinajstić information content (AvgIpc) is 3.38. The van der Waals surface area contributed by atoms with Gasteiger partial charge in [-0.3, -0.25) is 5.01 Å². The summed E-state index contributed by atoms with van der Waals surface area (Å²) in [7, 11) is 1.92. The van der Waals surface area contributed by atoms with E-state index in [0.29, 0.717) is 54.9 Å². The molecule has 2 aliphatic rings. The molecule has 0 atom stereocenters. The normalized spacial score (nSPS) is 16.6. The smallest absolute Gasteiger partial charge is 0.311 e. The van der Waals surface area contributed by atoms with Gasteiger partial charge in [0.1, 0.15) is 13.0 Å². The summed E-state index contributed by atoms with van der Waals surface area (Å²) in [4.78, 5) is 1.97. The van der Waals surface area contributed by atoms with E-state index < -0.39 is 0 Å². The van der Waals surface area contributed by atoms with Gasteiger partial charge < -0.3 is 18.9 Å². The lowest BCUT2D eigenvalue weighted by molar-refractivity contribution is 0.154. The third-order valence-electron chi connectivity index (χ3n) is 5.10. The molecule has 29 heavy (non-hydrogen) atoms. The molecule has 0 amide bonds. The van der Waals surface area contributed by atoms with Crippen molar-refractivity contribution in [3.63, 3.8) is 0 Å². The van der Waals surface area contributed by atoms with E-state index >= 15 is 0 Å². The maximum Gasteiger partial charge on any atom is 0.311 e. The van der Waals surface area contributed by atoms with Crippen LogP contribution in [0.2, 0.25) is 0 Å². The third kappa shape index (κ3) is 3.32. The molecule has 5 rings (SSSR count). The number of ether oxygens (including phenoxy) is 2. The molecule has 3 aromatic heterocycles. The Kier molecular flexibility index (Phi) is 4.41. The third-order valence-corrected chi connectivity index (χ3v) is 5.10. The van der Waals surface area contributed by atoms with Crippen LogP contribution in [0.4, 0.5) is 0 Å². The first-order valence-corrected chi connectivity index (χ1v) is 9.69. The van der Waals surface area contributed by atoms with Crippen LogP contribution in [-0.2, 0) is 0 Å². The maximum atomic E-state index is 6.09. The van der Waals surface area contributed by atoms with Gasteiger partial charge in [0.05, 0.1) is 12.7 Å². The summed E-state index contributed by atoms with van der Waals surface area (Å²) in [6.07, 6.45) is 5.24. The summed E-state index contributed by atoms with van der Waals surface area (Å²) >= 11 is 0. The van der Waals surface area contributed by atoms with Gasteiger partial charge >= 0.3 is 5.95 Å². The molecule has 0 bridgehead atoms. The second-order valence-corrected chi connectivity index (χ2v) is 7.18. The van der Waals surface area contributed by atoms with Crippen molar-refractivity contribution in [2.75, 3.05) is 27.1 Å². The number of fused-ring (bicyclic) bond motifs is 1. The molecule has 152 valence electrons. The Labute approximate surface area is 166 Å². The van der Waals surface area contributed by atoms with Crippen LogP contribution >= 0.6 is 0 Å². The molecular weight excluding hydrogens is 376 g/mol. The van der Waals surface area contributed by atoms with Crippen LogP contribution in [0, 0.1) is 0 Å². The van der Waals surface area contributed by atoms with Crippen molar-refractivity contribution in [3.05, 3.63) is 17.7 Å². The van der Waals surface area contributed by atoms with Crippen molar-refractivity contribution >= 4 is 12.0 Å². The first kappa shape index (κ1) is 17.7. The molecule has 1 fully saturated rings. The van der Waals surface area contributed by atoms with Crippen LogP contribution in [0.15, 0.2) is 21.8 Å². The Morgan fingerprint density at radius 3 is 2.83 bits per heavy atom. The van der Waals surface area contributed by atoms with Gasteiger partial charge in [0.15, 0.2) is 18.1 Å². The van der Waals surface area contributed by atoms with Crippen molar-refractivity contribution in [2.45, 2.75) is 32.1 Å². The van der Waals surface area contributed by atoms with Gasteiger partial charge in [0, 0.05) is 12.6 Å². The van der Waals surface area contributed by atoms with Gasteiger partial charge in [-0.05, 0) is 31.7 Å². The van der Waals surface area contributed by atoms with Crippen molar-refractivity contribution < 1.29 is 14.0 Å². The Morgan fingerprint density at radius 1 is 1.21 bits per heavy atom. The van der Waals surface area contributed by atoms with E-state index in [9.17, 15) is 0 Å². The molecule has 0 spiro atoms. The van der Waals surface area contributed by atoms with Crippen LogP contribution in [0.25, 0.3) is 17.2 Å². The standard InChI is InChI=1S/C18H22N8O3/c1-3-27-16-8-14(23-29-16)17-21-20-15-7-13(12-5-4-6-12)18(22-26(15)17)28-11-25-9-19-24(2)10-25/h7-9,12H,3-6,10-11H2,1-2H3. The van der Waals surface area contributed by atoms with Crippen LogP contribution in [0.1, 0.15) is 37.7 Å². The molecule has 11 heteroatoms. The first-order chi connectivity index (χ1) is 14.2. The highest BCUT2D eigenvalue weighted by Gasteiger charge is 2.27. The molecule has 0 aromatic carbocycles. The Bertz CT molecular complexity index is 1040. The molecule has 11 nitrogen and oxygen atoms in total. The summed E-state index contributed by atoms with van der Waals surface area (Å²) in [5, 5.41) is 23.3. The summed E-state index contributed by atoms with van der Waals surface area (Å²) in [5.41, 5.74) is 2.23. The summed E-state index contributed by atoms with van der Waals surface area (Å²) in [5.74, 6) is 1.83. The zero-order valence-electron chi connectivity index (χ0n) is 16.4. The summed E-state index contributed by atoms with van der Waals surface area (Å²) < 4.78 is 18.3. The van der Waals surface area contributed by atoms with Crippen LogP contribution in [-0.4, -0.2) is 68.3 Å². The predicted molar refractivity (Wildman–Crippen MR) is 102 cm³/mol. The molecule has 4 heterocycles. The van der Waals surface area contributed by atoms with Crippen LogP contribution in [0.3, 0.4) is 0 Å². The minimum Gasteiger partial charge on any atom is -0.464 e. The lowest BCUT2D eigenvalue weighted by atomic mass is 9.80. The van der Waals surface area contributed by atoms with Crippen LogP contribution in [0.5, 0.6) is 11.8 Å². The summed E-state index contributed by atoms with van der Waals surface area (Å²) in [6.45, 7) is 3.41. The zero-order valence-corrected chi connectivity index (χ0v) is 16.4. The molecule has 0 N–H and O–H groups in total. The van der Waals surface area contributed by atoms with E-state index in [0.717, 1.165) is 18.4 Å². The molecule has 0 unspecified atom stereocenters. The fourth-order valence-electron chi connectivity index (χ4n) is 3.40. The Morgan fingerprint density at radius 2 is 2.10 bits per heavy atom. The topological polar surface area (TPSA) is 106 Å². The number of hydrogen-bond acceptors (Lipinski definition) is 10. The monoisotopic (exact) mass is 398 g/mol. The molecule has 1 aliphatic heterocycles. The second kappa shape index (κ2) is 7.22. The lowest BCUT2D eigenvalue weighted by Gasteiger charge is -2.27. The van der Waals surface area contributed by atoms with Crippen molar-refractivity contribution in [1.82, 2.24) is 34.9 Å². The number of hydrogen-bond donors (Lipinski definition) is 0. The highest BCUT2D eigenvalue weighted by molar-refractivity contribution is 5.57. The number of aromatic nitrogens is 5. The predicted octanol–water partition coefficient (Wildman–Crippen LogP) is 1.93. The molecule has 0 saturated heterocycles. The maximum absolute atomic E-state index is 6.09. The first-order valence-electron chi connectivity index (χ1n) is 9.69. The summed E-state index contributed by atoms with van der Waals surface area (Å²) in [6, 6.07) is 3.69. The Balaban J connectivity index is 1.48. The highest BCUT2D eigenvalue weighted by atomic mass is 16.6. The highest BCUT2D eigenvalue weighted by Crippen LogP contribution is 2.40. The fourth-order valence-corrected chi connectivity index (χ4v) is 3.40. The Hall–Kier alpha value is -3.37. The van der Waals surface area contributed by atoms with Crippen LogP contribution < -0.4 is 9.47 Å². The van der Waals surface area contributed by atoms with Gasteiger partial charge in [-0.15, -0.1) is 15.3 Å². The lowest BCUT2D eigenvalue weighted by Crippen LogP contribution is -2.29. The molecule has 1 aliphatic carbocycles. The van der Waals surface area contributed by atoms with Crippen molar-refractivity contribution in [3.8, 4) is 23.3 Å². The largest absolute Gasteiger partial charge is 0.464 e. The number of hydrazone groups is 1. The molecule has 3 aromatic rings. The number of rotatable bonds is 7. The minimum atomic E-state index is 0.333. The average molecular weight is 398 g/mol. The number of nitrogens with zero attached hydrogens (tertiary/aromatic N) is 8. The van der Waals surface area contributed by atoms with Crippen molar-refractivity contribution in [1.29, 1.82) is 0 Å². The van der Waals surface area contributed by atoms with E-state index in [-0.39, 0.29) is 0 Å². The zero-order chi connectivity index (χ0) is 19.8. The van der Waals surface area contributed by atoms with Gasteiger partial charge in [-0.2, -0.15) is 9.62 Å². The minimum absolute atomic E-state index is 0.333. The molecule has 1 saturated carbocycles. The molecule has 0 radical (unpaired) electrons. The van der Waals surface area contributed by atoms with E-state index in [2.05, 4.69) is 20.5 Å². The van der Waals surface area contributed by atoms with E-state index in [1.54, 1.807) is 16.9 Å². The van der Waals surface area contributed by atoms with Gasteiger partial charge in [-0.1, -0.05) is 11.6 Å².